The van der Waals surface area contributed by atoms with Gasteiger partial charge in [-0.2, -0.15) is 0 Å². The fourth-order valence-corrected chi connectivity index (χ4v) is 3.34. The number of para-hydroxylation sites is 1. The van der Waals surface area contributed by atoms with Crippen molar-refractivity contribution in [3.05, 3.63) is 52.5 Å². The molecule has 4 nitrogen and oxygen atoms in total. The van der Waals surface area contributed by atoms with Gasteiger partial charge >= 0.3 is 0 Å². The fourth-order valence-electron chi connectivity index (χ4n) is 2.36. The summed E-state index contributed by atoms with van der Waals surface area (Å²) in [6.07, 6.45) is -0.642. The second kappa shape index (κ2) is 6.79. The molecule has 0 aliphatic carbocycles. The van der Waals surface area contributed by atoms with Crippen LogP contribution < -0.4 is 10.1 Å². The van der Waals surface area contributed by atoms with Gasteiger partial charge < -0.3 is 4.74 Å². The number of hydrogen-bond donors (Lipinski definition) is 1. The summed E-state index contributed by atoms with van der Waals surface area (Å²) >= 11 is 7.59. The lowest BCUT2D eigenvalue weighted by Gasteiger charge is -2.15. The summed E-state index contributed by atoms with van der Waals surface area (Å²) in [7, 11) is 0. The number of carbonyl (C=O) groups excluding carboxylic acids is 1. The Morgan fingerprint density at radius 1 is 1.25 bits per heavy atom. The number of hydrogen-bond acceptors (Lipinski definition) is 4. The molecule has 1 heterocycles. The first-order chi connectivity index (χ1) is 11.4. The molecule has 0 saturated heterocycles. The second-order valence-electron chi connectivity index (χ2n) is 5.61. The first-order valence-corrected chi connectivity index (χ1v) is 8.73. The highest BCUT2D eigenvalue weighted by Gasteiger charge is 2.17. The maximum Gasteiger partial charge on any atom is 0.266 e. The standard InChI is InChI=1S/C18H17ClN2O2S/c1-10-8-13(9-11(2)16(10)19)23-12(3)17(22)21-18-20-14-6-4-5-7-15(14)24-18/h4-9,12H,1-3H3,(H,20,21,22). The van der Waals surface area contributed by atoms with E-state index in [0.717, 1.165) is 21.3 Å². The van der Waals surface area contributed by atoms with Gasteiger partial charge in [-0.1, -0.05) is 35.1 Å². The SMILES string of the molecule is Cc1cc(OC(C)C(=O)Nc2nc3ccccc3s2)cc(C)c1Cl. The van der Waals surface area contributed by atoms with Crippen LogP contribution in [0.15, 0.2) is 36.4 Å². The predicted molar refractivity (Wildman–Crippen MR) is 99.3 cm³/mol. The second-order valence-corrected chi connectivity index (χ2v) is 7.02. The Labute approximate surface area is 149 Å². The third-order valence-electron chi connectivity index (χ3n) is 3.62. The van der Waals surface area contributed by atoms with Crippen LogP contribution in [-0.4, -0.2) is 17.0 Å². The van der Waals surface area contributed by atoms with Crippen LogP contribution in [0.25, 0.3) is 10.2 Å². The maximum absolute atomic E-state index is 12.3. The Balaban J connectivity index is 1.70. The molecule has 0 bridgehead atoms. The van der Waals surface area contributed by atoms with Gasteiger partial charge in [-0.3, -0.25) is 10.1 Å². The number of benzene rings is 2. The Morgan fingerprint density at radius 3 is 2.58 bits per heavy atom. The van der Waals surface area contributed by atoms with E-state index in [2.05, 4.69) is 10.3 Å². The van der Waals surface area contributed by atoms with Gasteiger partial charge in [0, 0.05) is 5.02 Å². The molecule has 0 aliphatic rings. The molecule has 0 fully saturated rings. The molecule has 3 rings (SSSR count). The Kier molecular flexibility index (Phi) is 4.73. The van der Waals surface area contributed by atoms with Gasteiger partial charge in [0.1, 0.15) is 5.75 Å². The molecule has 3 aromatic rings. The van der Waals surface area contributed by atoms with Gasteiger partial charge in [-0.15, -0.1) is 0 Å². The summed E-state index contributed by atoms with van der Waals surface area (Å²) in [4.78, 5) is 16.7. The predicted octanol–water partition coefficient (Wildman–Crippen LogP) is 4.97. The number of nitrogens with zero attached hydrogens (tertiary/aromatic N) is 1. The topological polar surface area (TPSA) is 51.2 Å². The van der Waals surface area contributed by atoms with Gasteiger partial charge in [0.05, 0.1) is 10.2 Å². The van der Waals surface area contributed by atoms with Gasteiger partial charge in [-0.05, 0) is 56.2 Å². The van der Waals surface area contributed by atoms with Crippen molar-refractivity contribution < 1.29 is 9.53 Å². The van der Waals surface area contributed by atoms with Crippen molar-refractivity contribution in [2.24, 2.45) is 0 Å². The Bertz CT molecular complexity index is 851. The largest absolute Gasteiger partial charge is 0.481 e. The zero-order chi connectivity index (χ0) is 17.3. The molecule has 24 heavy (non-hydrogen) atoms. The molecule has 1 amide bonds. The molecule has 1 aromatic heterocycles. The van der Waals surface area contributed by atoms with Crippen LogP contribution in [-0.2, 0) is 4.79 Å². The number of aromatic nitrogens is 1. The molecule has 124 valence electrons. The van der Waals surface area contributed by atoms with Crippen LogP contribution in [0.1, 0.15) is 18.1 Å². The zero-order valence-electron chi connectivity index (χ0n) is 13.6. The van der Waals surface area contributed by atoms with Crippen molar-refractivity contribution in [2.45, 2.75) is 26.9 Å². The third kappa shape index (κ3) is 3.52. The number of aryl methyl sites for hydroxylation is 2. The average molecular weight is 361 g/mol. The quantitative estimate of drug-likeness (QED) is 0.714. The summed E-state index contributed by atoms with van der Waals surface area (Å²) in [5, 5.41) is 4.10. The van der Waals surface area contributed by atoms with Crippen LogP contribution >= 0.6 is 22.9 Å². The van der Waals surface area contributed by atoms with Gasteiger partial charge in [0.15, 0.2) is 11.2 Å². The van der Waals surface area contributed by atoms with Crippen molar-refractivity contribution >= 4 is 44.2 Å². The first kappa shape index (κ1) is 16.7. The summed E-state index contributed by atoms with van der Waals surface area (Å²) in [6, 6.07) is 11.4. The van der Waals surface area contributed by atoms with Gasteiger partial charge in [-0.25, -0.2) is 4.98 Å². The molecule has 2 aromatic carbocycles. The first-order valence-electron chi connectivity index (χ1n) is 7.54. The zero-order valence-corrected chi connectivity index (χ0v) is 15.2. The maximum atomic E-state index is 12.3. The third-order valence-corrected chi connectivity index (χ3v) is 5.16. The molecule has 0 spiro atoms. The molecular weight excluding hydrogens is 344 g/mol. The molecule has 0 radical (unpaired) electrons. The normalized spacial score (nSPS) is 12.2. The minimum Gasteiger partial charge on any atom is -0.481 e. The number of thiazole rings is 1. The van der Waals surface area contributed by atoms with Crippen LogP contribution in [0.3, 0.4) is 0 Å². The van der Waals surface area contributed by atoms with E-state index in [1.54, 1.807) is 6.92 Å². The molecular formula is C18H17ClN2O2S. The summed E-state index contributed by atoms with van der Waals surface area (Å²) < 4.78 is 6.78. The highest BCUT2D eigenvalue weighted by molar-refractivity contribution is 7.22. The van der Waals surface area contributed by atoms with Crippen molar-refractivity contribution in [3.8, 4) is 5.75 Å². The fraction of sp³-hybridized carbons (Fsp3) is 0.222. The number of nitrogens with one attached hydrogen (secondary N) is 1. The molecule has 0 aliphatic heterocycles. The number of carbonyl (C=O) groups is 1. The lowest BCUT2D eigenvalue weighted by molar-refractivity contribution is -0.122. The minimum atomic E-state index is -0.642. The van der Waals surface area contributed by atoms with E-state index >= 15 is 0 Å². The summed E-state index contributed by atoms with van der Waals surface area (Å²) in [5.41, 5.74) is 2.71. The number of fused-ring (bicyclic) bond motifs is 1. The van der Waals surface area contributed by atoms with Crippen molar-refractivity contribution in [1.29, 1.82) is 0 Å². The van der Waals surface area contributed by atoms with E-state index in [-0.39, 0.29) is 5.91 Å². The van der Waals surface area contributed by atoms with Crippen molar-refractivity contribution in [1.82, 2.24) is 4.98 Å². The van der Waals surface area contributed by atoms with Gasteiger partial charge in [0.2, 0.25) is 0 Å². The van der Waals surface area contributed by atoms with Crippen LogP contribution in [0.2, 0.25) is 5.02 Å². The molecule has 1 unspecified atom stereocenters. The summed E-state index contributed by atoms with van der Waals surface area (Å²) in [5.74, 6) is 0.390. The van der Waals surface area contributed by atoms with E-state index in [1.165, 1.54) is 11.3 Å². The average Bonchev–Trinajstić information content (AvgIpc) is 2.94. The number of ether oxygens (including phenoxy) is 1. The van der Waals surface area contributed by atoms with E-state index in [9.17, 15) is 4.79 Å². The molecule has 0 saturated carbocycles. The van der Waals surface area contributed by atoms with Crippen molar-refractivity contribution in [2.75, 3.05) is 5.32 Å². The smallest absolute Gasteiger partial charge is 0.266 e. The lowest BCUT2D eigenvalue weighted by Crippen LogP contribution is -2.30. The highest BCUT2D eigenvalue weighted by Crippen LogP contribution is 2.27. The van der Waals surface area contributed by atoms with Crippen LogP contribution in [0.5, 0.6) is 5.75 Å². The van der Waals surface area contributed by atoms with E-state index < -0.39 is 6.10 Å². The number of halogens is 1. The van der Waals surface area contributed by atoms with Crippen LogP contribution in [0.4, 0.5) is 5.13 Å². The van der Waals surface area contributed by atoms with Crippen LogP contribution in [0, 0.1) is 13.8 Å². The molecule has 6 heteroatoms. The Morgan fingerprint density at radius 2 is 1.92 bits per heavy atom. The molecule has 1 atom stereocenters. The lowest BCUT2D eigenvalue weighted by atomic mass is 10.1. The van der Waals surface area contributed by atoms with E-state index in [0.29, 0.717) is 15.9 Å². The van der Waals surface area contributed by atoms with Crippen molar-refractivity contribution in [3.63, 3.8) is 0 Å². The number of rotatable bonds is 4. The minimum absolute atomic E-state index is 0.237. The molecule has 1 N–H and O–H groups in total. The number of anilines is 1. The number of amides is 1. The van der Waals surface area contributed by atoms with E-state index in [4.69, 9.17) is 16.3 Å². The van der Waals surface area contributed by atoms with E-state index in [1.807, 2.05) is 50.2 Å². The summed E-state index contributed by atoms with van der Waals surface area (Å²) in [6.45, 7) is 5.53. The Hall–Kier alpha value is -2.11. The monoisotopic (exact) mass is 360 g/mol. The highest BCUT2D eigenvalue weighted by atomic mass is 35.5. The van der Waals surface area contributed by atoms with Gasteiger partial charge in [0.25, 0.3) is 5.91 Å².